The average molecular weight is 179 g/mol. The van der Waals surface area contributed by atoms with Crippen LogP contribution in [0.3, 0.4) is 0 Å². The van der Waals surface area contributed by atoms with Crippen LogP contribution in [-0.2, 0) is 0 Å². The topological polar surface area (TPSA) is 0 Å². The molecule has 0 amide bonds. The first-order chi connectivity index (χ1) is 2.91. The quantitative estimate of drug-likeness (QED) is 0.460. The first-order valence-corrected chi connectivity index (χ1v) is 3.43. The summed E-state index contributed by atoms with van der Waals surface area (Å²) in [5.74, 6) is 0. The summed E-state index contributed by atoms with van der Waals surface area (Å²) in [4.78, 5) is 0. The van der Waals surface area contributed by atoms with Gasteiger partial charge in [0.2, 0.25) is 0 Å². The Bertz CT molecular complexity index is 20.0. The third-order valence-electron chi connectivity index (χ3n) is 0.808. The predicted molar refractivity (Wildman–Crippen MR) is 40.4 cm³/mol. The van der Waals surface area contributed by atoms with Crippen LogP contribution in [0.4, 0.5) is 0 Å². The van der Waals surface area contributed by atoms with Crippen molar-refractivity contribution in [1.29, 1.82) is 0 Å². The van der Waals surface area contributed by atoms with Crippen molar-refractivity contribution >= 4 is 33.3 Å². The Morgan fingerprint density at radius 1 is 1.29 bits per heavy atom. The fourth-order valence-electron chi connectivity index (χ4n) is 0.394. The van der Waals surface area contributed by atoms with Crippen molar-refractivity contribution in [1.82, 2.24) is 0 Å². The van der Waals surface area contributed by atoms with E-state index < -0.39 is 0 Å². The first-order valence-electron chi connectivity index (χ1n) is 2.62. The summed E-state index contributed by atoms with van der Waals surface area (Å²) in [5, 5.41) is 1.27. The Morgan fingerprint density at radius 3 is 2.00 bits per heavy atom. The summed E-state index contributed by atoms with van der Waals surface area (Å²) >= 11 is 2.73. The molecule has 0 saturated carbocycles. The minimum Gasteiger partial charge on any atom is -0.118 e. The van der Waals surface area contributed by atoms with Gasteiger partial charge in [0.25, 0.3) is 0 Å². The van der Waals surface area contributed by atoms with Crippen molar-refractivity contribution < 1.29 is 0 Å². The van der Waals surface area contributed by atoms with Gasteiger partial charge in [-0.25, -0.2) is 0 Å². The highest BCUT2D eigenvalue weighted by Crippen LogP contribution is 1.94. The van der Waals surface area contributed by atoms with Crippen LogP contribution in [0, 0.1) is 0 Å². The summed E-state index contributed by atoms with van der Waals surface area (Å²) < 4.78 is 0. The summed E-state index contributed by atoms with van der Waals surface area (Å²) in [7, 11) is 0. The van der Waals surface area contributed by atoms with Crippen molar-refractivity contribution in [2.24, 2.45) is 0 Å². The van der Waals surface area contributed by atoms with Crippen molar-refractivity contribution in [2.45, 2.75) is 31.5 Å². The van der Waals surface area contributed by atoms with Crippen LogP contribution in [0.15, 0.2) is 0 Å². The third-order valence-corrected chi connectivity index (χ3v) is 1.22. The summed E-state index contributed by atoms with van der Waals surface area (Å²) in [6.07, 6.45) is 4.11. The van der Waals surface area contributed by atoms with Crippen molar-refractivity contribution in [3.8, 4) is 0 Å². The van der Waals surface area contributed by atoms with Gasteiger partial charge >= 0.3 is 0 Å². The van der Waals surface area contributed by atoms with E-state index in [2.05, 4.69) is 23.2 Å². The molecule has 2 heteroatoms. The molecule has 0 aromatic heterocycles. The number of hydrogen-bond donors (Lipinski definition) is 0. The Kier molecular flexibility index (Phi) is 15.7. The number of unbranched alkanes of at least 4 members (excludes halogenated alkanes) is 2. The zero-order valence-corrected chi connectivity index (χ0v) is 7.68. The van der Waals surface area contributed by atoms with Crippen LogP contribution in [0.25, 0.3) is 0 Å². The fraction of sp³-hybridized carbons (Fsp3) is 1.00. The van der Waals surface area contributed by atoms with E-state index in [-0.39, 0.29) is 17.0 Å². The molecule has 0 bridgehead atoms. The summed E-state index contributed by atoms with van der Waals surface area (Å²) in [5.41, 5.74) is 0. The smallest absolute Gasteiger partial charge is 0.118 e. The number of rotatable bonds is 3. The van der Waals surface area contributed by atoms with Gasteiger partial charge in [-0.3, -0.25) is 0 Å². The normalized spacial score (nSPS) is 7.57. The lowest BCUT2D eigenvalue weighted by atomic mass is 10.3. The van der Waals surface area contributed by atoms with Gasteiger partial charge < -0.3 is 0 Å². The van der Waals surface area contributed by atoms with Crippen LogP contribution in [-0.4, -0.2) is 16.3 Å². The molecule has 0 atom stereocenters. The van der Waals surface area contributed by atoms with Crippen LogP contribution < -0.4 is 0 Å². The maximum absolute atomic E-state index is 2.73. The second-order valence-electron chi connectivity index (χ2n) is 1.50. The zero-order chi connectivity index (χ0) is 4.83. The van der Waals surface area contributed by atoms with Gasteiger partial charge in [-0.15, -0.1) is 22.3 Å². The molecule has 0 aliphatic carbocycles. The number of halogens is 1. The highest BCUT2D eigenvalue weighted by Gasteiger charge is 1.75. The Hall–Kier alpha value is 1.01. The molecule has 7 heavy (non-hydrogen) atoms. The predicted octanol–water partition coefficient (Wildman–Crippen LogP) is 2.34. The molecule has 0 saturated heterocycles. The van der Waals surface area contributed by atoms with E-state index in [4.69, 9.17) is 0 Å². The van der Waals surface area contributed by atoms with Crippen molar-refractivity contribution in [3.05, 3.63) is 0 Å². The highest BCUT2D eigenvalue weighted by molar-refractivity contribution is 8.93. The zero-order valence-electron chi connectivity index (χ0n) is 4.81. The molecule has 0 fully saturated rings. The van der Waals surface area contributed by atoms with E-state index in [1.165, 1.54) is 24.5 Å². The molecule has 0 rings (SSSR count). The molecule has 0 spiro atoms. The van der Waals surface area contributed by atoms with Gasteiger partial charge in [0.05, 0.1) is 0 Å². The Morgan fingerprint density at radius 2 is 1.86 bits per heavy atom. The Balaban J connectivity index is 0. The second-order valence-corrected chi connectivity index (χ2v) is 2.07. The van der Waals surface area contributed by atoms with E-state index in [1.54, 1.807) is 0 Å². The largest absolute Gasteiger partial charge is 0.118 e. The lowest BCUT2D eigenvalue weighted by Crippen LogP contribution is -1.69. The van der Waals surface area contributed by atoms with Crippen LogP contribution in [0.1, 0.15) is 26.2 Å². The minimum absolute atomic E-state index is 0. The molecule has 42 valence electrons. The molecule has 0 N–H and O–H groups in total. The SMILES string of the molecule is Br.CCCC[CH2][Al]. The fourth-order valence-corrected chi connectivity index (χ4v) is 0.683. The van der Waals surface area contributed by atoms with E-state index >= 15 is 0 Å². The van der Waals surface area contributed by atoms with Crippen LogP contribution in [0.5, 0.6) is 0 Å². The van der Waals surface area contributed by atoms with Gasteiger partial charge in [0.1, 0.15) is 16.3 Å². The third kappa shape index (κ3) is 10.9. The van der Waals surface area contributed by atoms with E-state index in [0.29, 0.717) is 0 Å². The van der Waals surface area contributed by atoms with Crippen LogP contribution in [0.2, 0.25) is 5.28 Å². The van der Waals surface area contributed by atoms with Gasteiger partial charge in [0.15, 0.2) is 0 Å². The maximum Gasteiger partial charge on any atom is 0.118 e. The van der Waals surface area contributed by atoms with E-state index in [1.807, 2.05) is 0 Å². The van der Waals surface area contributed by atoms with Crippen LogP contribution >= 0.6 is 17.0 Å². The first kappa shape index (κ1) is 10.9. The lowest BCUT2D eigenvalue weighted by molar-refractivity contribution is 0.771. The standard InChI is InChI=1S/C5H11.Al.BrH/c1-3-5-4-2;;/h1,3-5H2,2H3;;1H. The van der Waals surface area contributed by atoms with E-state index in [0.717, 1.165) is 0 Å². The molecule has 0 nitrogen and oxygen atoms in total. The van der Waals surface area contributed by atoms with Crippen molar-refractivity contribution in [2.75, 3.05) is 0 Å². The molecule has 0 heterocycles. The monoisotopic (exact) mass is 178 g/mol. The lowest BCUT2D eigenvalue weighted by Gasteiger charge is -1.86. The minimum atomic E-state index is 0. The van der Waals surface area contributed by atoms with Gasteiger partial charge in [-0.05, 0) is 0 Å². The maximum atomic E-state index is 2.73. The molecule has 0 aromatic carbocycles. The molecular weight excluding hydrogens is 167 g/mol. The summed E-state index contributed by atoms with van der Waals surface area (Å²) in [6, 6.07) is 0. The summed E-state index contributed by atoms with van der Waals surface area (Å²) in [6.45, 7) is 2.22. The molecule has 2 radical (unpaired) electrons. The van der Waals surface area contributed by atoms with Gasteiger partial charge in [0, 0.05) is 0 Å². The van der Waals surface area contributed by atoms with Crippen molar-refractivity contribution in [3.63, 3.8) is 0 Å². The molecular formula is C5H12AlBr. The van der Waals surface area contributed by atoms with E-state index in [9.17, 15) is 0 Å². The molecule has 0 aliphatic rings. The molecule has 0 aliphatic heterocycles. The average Bonchev–Trinajstić information content (AvgIpc) is 1.61. The Labute approximate surface area is 64.9 Å². The highest BCUT2D eigenvalue weighted by atomic mass is 79.9. The molecule has 0 unspecified atom stereocenters. The van der Waals surface area contributed by atoms with Gasteiger partial charge in [-0.2, -0.15) is 0 Å². The second kappa shape index (κ2) is 10.1. The molecule has 0 aromatic rings. The number of hydrogen-bond acceptors (Lipinski definition) is 0. The van der Waals surface area contributed by atoms with Gasteiger partial charge in [-0.1, -0.05) is 26.2 Å².